The number of carbonyl (C=O) groups is 2. The molecule has 6 heteroatoms. The first kappa shape index (κ1) is 18.3. The minimum Gasteiger partial charge on any atom is -0.338 e. The van der Waals surface area contributed by atoms with E-state index >= 15 is 0 Å². The van der Waals surface area contributed by atoms with Gasteiger partial charge in [0.1, 0.15) is 0 Å². The lowest BCUT2D eigenvalue weighted by Crippen LogP contribution is -2.56. The number of rotatable bonds is 5. The summed E-state index contributed by atoms with van der Waals surface area (Å²) >= 11 is 0. The molecular formula is C18H28N4O2. The molecule has 0 unspecified atom stereocenters. The molecule has 0 spiro atoms. The van der Waals surface area contributed by atoms with Gasteiger partial charge in [-0.25, -0.2) is 4.79 Å². The first-order chi connectivity index (χ1) is 11.6. The number of benzene rings is 1. The Kier molecular flexibility index (Phi) is 6.61. The van der Waals surface area contributed by atoms with Crippen molar-refractivity contribution in [2.75, 3.05) is 39.3 Å². The largest absolute Gasteiger partial charge is 0.338 e. The van der Waals surface area contributed by atoms with Gasteiger partial charge in [-0.3, -0.25) is 4.79 Å². The van der Waals surface area contributed by atoms with Gasteiger partial charge in [0.2, 0.25) is 5.91 Å². The van der Waals surface area contributed by atoms with Gasteiger partial charge >= 0.3 is 6.03 Å². The Labute approximate surface area is 144 Å². The van der Waals surface area contributed by atoms with Crippen molar-refractivity contribution in [1.29, 1.82) is 0 Å². The fourth-order valence-corrected chi connectivity index (χ4v) is 3.00. The summed E-state index contributed by atoms with van der Waals surface area (Å²) in [6.07, 6.45) is 0.540. The van der Waals surface area contributed by atoms with Crippen LogP contribution in [0, 0.1) is 0 Å². The molecule has 3 amide bonds. The van der Waals surface area contributed by atoms with E-state index in [2.05, 4.69) is 0 Å². The van der Waals surface area contributed by atoms with Gasteiger partial charge in [0.25, 0.3) is 0 Å². The summed E-state index contributed by atoms with van der Waals surface area (Å²) in [6.45, 7) is 7.60. The molecule has 1 aliphatic heterocycles. The van der Waals surface area contributed by atoms with E-state index in [1.807, 2.05) is 49.1 Å². The smallest absolute Gasteiger partial charge is 0.320 e. The van der Waals surface area contributed by atoms with Gasteiger partial charge in [-0.05, 0) is 25.8 Å². The predicted molar refractivity (Wildman–Crippen MR) is 94.6 cm³/mol. The van der Waals surface area contributed by atoms with E-state index in [4.69, 9.17) is 5.73 Å². The van der Waals surface area contributed by atoms with E-state index in [1.54, 1.807) is 9.80 Å². The summed E-state index contributed by atoms with van der Waals surface area (Å²) in [5.41, 5.74) is 7.15. The Morgan fingerprint density at radius 1 is 1.04 bits per heavy atom. The monoisotopic (exact) mass is 332 g/mol. The van der Waals surface area contributed by atoms with E-state index in [0.29, 0.717) is 45.7 Å². The molecule has 6 nitrogen and oxygen atoms in total. The summed E-state index contributed by atoms with van der Waals surface area (Å²) in [5.74, 6) is -0.0335. The predicted octanol–water partition coefficient (Wildman–Crippen LogP) is 1.16. The fourth-order valence-electron chi connectivity index (χ4n) is 3.00. The highest BCUT2D eigenvalue weighted by atomic mass is 16.2. The molecule has 24 heavy (non-hydrogen) atoms. The Hall–Kier alpha value is -2.08. The van der Waals surface area contributed by atoms with E-state index in [1.165, 1.54) is 0 Å². The Morgan fingerprint density at radius 3 is 2.12 bits per heavy atom. The average Bonchev–Trinajstić information content (AvgIpc) is 2.63. The van der Waals surface area contributed by atoms with E-state index in [9.17, 15) is 9.59 Å². The summed E-state index contributed by atoms with van der Waals surface area (Å²) in [6, 6.07) is 9.33. The molecule has 1 atom stereocenters. The molecule has 0 saturated carbocycles. The van der Waals surface area contributed by atoms with Crippen molar-refractivity contribution in [1.82, 2.24) is 14.7 Å². The van der Waals surface area contributed by atoms with Crippen LogP contribution in [0.25, 0.3) is 0 Å². The van der Waals surface area contributed by atoms with Crippen LogP contribution in [0.15, 0.2) is 30.3 Å². The van der Waals surface area contributed by atoms with Crippen LogP contribution >= 0.6 is 0 Å². The summed E-state index contributed by atoms with van der Waals surface area (Å²) < 4.78 is 0. The second-order valence-corrected chi connectivity index (χ2v) is 6.06. The summed E-state index contributed by atoms with van der Waals surface area (Å²) in [4.78, 5) is 30.2. The third kappa shape index (κ3) is 4.47. The van der Waals surface area contributed by atoms with Crippen molar-refractivity contribution in [2.45, 2.75) is 26.3 Å². The number of nitrogens with two attached hydrogens (primary N) is 1. The van der Waals surface area contributed by atoms with Gasteiger partial charge < -0.3 is 20.4 Å². The number of hydrogen-bond donors (Lipinski definition) is 1. The van der Waals surface area contributed by atoms with Crippen molar-refractivity contribution in [3.8, 4) is 0 Å². The molecule has 2 N–H and O–H groups in total. The van der Waals surface area contributed by atoms with Gasteiger partial charge in [-0.1, -0.05) is 30.3 Å². The molecule has 1 aromatic carbocycles. The molecule has 2 rings (SSSR count). The van der Waals surface area contributed by atoms with Crippen LogP contribution in [0.3, 0.4) is 0 Å². The third-order valence-electron chi connectivity index (χ3n) is 4.51. The van der Waals surface area contributed by atoms with Crippen LogP contribution in [-0.2, 0) is 11.2 Å². The minimum atomic E-state index is -0.530. The lowest BCUT2D eigenvalue weighted by Gasteiger charge is -2.38. The van der Waals surface area contributed by atoms with Crippen molar-refractivity contribution in [3.05, 3.63) is 35.9 Å². The minimum absolute atomic E-state index is 0.0335. The third-order valence-corrected chi connectivity index (χ3v) is 4.51. The molecule has 0 bridgehead atoms. The molecule has 1 saturated heterocycles. The Bertz CT molecular complexity index is 537. The quantitative estimate of drug-likeness (QED) is 0.880. The van der Waals surface area contributed by atoms with Gasteiger partial charge in [-0.2, -0.15) is 0 Å². The highest BCUT2D eigenvalue weighted by molar-refractivity contribution is 5.82. The van der Waals surface area contributed by atoms with Crippen LogP contribution in [0.2, 0.25) is 0 Å². The topological polar surface area (TPSA) is 69.9 Å². The van der Waals surface area contributed by atoms with Crippen LogP contribution in [0.5, 0.6) is 0 Å². The van der Waals surface area contributed by atoms with Gasteiger partial charge in [-0.15, -0.1) is 0 Å². The number of amides is 3. The lowest BCUT2D eigenvalue weighted by atomic mass is 10.1. The number of urea groups is 1. The number of hydrogen-bond acceptors (Lipinski definition) is 3. The first-order valence-electron chi connectivity index (χ1n) is 8.69. The Morgan fingerprint density at radius 2 is 1.58 bits per heavy atom. The number of piperazine rings is 1. The number of nitrogens with zero attached hydrogens (tertiary/aromatic N) is 3. The van der Waals surface area contributed by atoms with Crippen molar-refractivity contribution in [2.24, 2.45) is 5.73 Å². The van der Waals surface area contributed by atoms with Crippen molar-refractivity contribution < 1.29 is 9.59 Å². The molecule has 0 aliphatic carbocycles. The summed E-state index contributed by atoms with van der Waals surface area (Å²) in [5, 5.41) is 0. The maximum Gasteiger partial charge on any atom is 0.320 e. The maximum absolute atomic E-state index is 12.5. The molecule has 1 fully saturated rings. The summed E-state index contributed by atoms with van der Waals surface area (Å²) in [7, 11) is 0. The normalized spacial score (nSPS) is 16.0. The zero-order chi connectivity index (χ0) is 17.5. The van der Waals surface area contributed by atoms with Crippen LogP contribution in [0.4, 0.5) is 4.79 Å². The standard InChI is InChI=1S/C18H28N4O2/c1-3-20(4-2)18(24)22-12-10-21(11-13-22)17(23)16(19)14-15-8-6-5-7-9-15/h5-9,16H,3-4,10-14,19H2,1-2H3/t16-/m0/s1. The molecule has 1 aromatic rings. The van der Waals surface area contributed by atoms with Crippen molar-refractivity contribution >= 4 is 11.9 Å². The highest BCUT2D eigenvalue weighted by Crippen LogP contribution is 2.09. The zero-order valence-electron chi connectivity index (χ0n) is 14.6. The van der Waals surface area contributed by atoms with Crippen LogP contribution < -0.4 is 5.73 Å². The second-order valence-electron chi connectivity index (χ2n) is 6.06. The maximum atomic E-state index is 12.5. The zero-order valence-corrected chi connectivity index (χ0v) is 14.6. The molecule has 0 radical (unpaired) electrons. The molecule has 132 valence electrons. The molecule has 1 aliphatic rings. The van der Waals surface area contributed by atoms with E-state index in [0.717, 1.165) is 5.56 Å². The highest BCUT2D eigenvalue weighted by Gasteiger charge is 2.28. The SMILES string of the molecule is CCN(CC)C(=O)N1CCN(C(=O)[C@@H](N)Cc2ccccc2)CC1. The lowest BCUT2D eigenvalue weighted by molar-refractivity contribution is -0.134. The molecular weight excluding hydrogens is 304 g/mol. The van der Waals surface area contributed by atoms with Crippen molar-refractivity contribution in [3.63, 3.8) is 0 Å². The Balaban J connectivity index is 1.85. The first-order valence-corrected chi connectivity index (χ1v) is 8.69. The van der Waals surface area contributed by atoms with Gasteiger partial charge in [0, 0.05) is 39.3 Å². The van der Waals surface area contributed by atoms with Crippen LogP contribution in [0.1, 0.15) is 19.4 Å². The van der Waals surface area contributed by atoms with Gasteiger partial charge in [0.15, 0.2) is 0 Å². The van der Waals surface area contributed by atoms with E-state index in [-0.39, 0.29) is 11.9 Å². The van der Waals surface area contributed by atoms with Crippen LogP contribution in [-0.4, -0.2) is 71.9 Å². The number of carbonyl (C=O) groups excluding carboxylic acids is 2. The second kappa shape index (κ2) is 8.68. The fraction of sp³-hybridized carbons (Fsp3) is 0.556. The van der Waals surface area contributed by atoms with E-state index < -0.39 is 6.04 Å². The average molecular weight is 332 g/mol. The molecule has 1 heterocycles. The molecule has 0 aromatic heterocycles. The van der Waals surface area contributed by atoms with Gasteiger partial charge in [0.05, 0.1) is 6.04 Å².